The number of benzene rings is 2. The second-order valence-corrected chi connectivity index (χ2v) is 6.09. The molecule has 0 saturated heterocycles. The minimum atomic E-state index is -0.289. The number of esters is 1. The lowest BCUT2D eigenvalue weighted by atomic mass is 9.96. The second kappa shape index (κ2) is 7.40. The summed E-state index contributed by atoms with van der Waals surface area (Å²) in [5.41, 5.74) is 10.6. The molecule has 0 aromatic heterocycles. The van der Waals surface area contributed by atoms with Gasteiger partial charge in [-0.2, -0.15) is 0 Å². The average molecular weight is 337 g/mol. The summed E-state index contributed by atoms with van der Waals surface area (Å²) in [4.78, 5) is 12.7. The van der Waals surface area contributed by atoms with Crippen LogP contribution in [0.2, 0.25) is 0 Å². The molecular formula is C20H23N3O2. The molecule has 0 unspecified atom stereocenters. The summed E-state index contributed by atoms with van der Waals surface area (Å²) in [6, 6.07) is 17.8. The number of rotatable bonds is 5. The Morgan fingerprint density at radius 1 is 1.08 bits per heavy atom. The average Bonchev–Trinajstić information content (AvgIpc) is 3.04. The van der Waals surface area contributed by atoms with Gasteiger partial charge in [0.1, 0.15) is 0 Å². The molecule has 0 radical (unpaired) electrons. The fourth-order valence-electron chi connectivity index (χ4n) is 2.94. The summed E-state index contributed by atoms with van der Waals surface area (Å²) < 4.78 is 5.34. The first-order valence-electron chi connectivity index (χ1n) is 8.51. The smallest absolute Gasteiger partial charge is 0.336 e. The summed E-state index contributed by atoms with van der Waals surface area (Å²) in [6.07, 6.45) is 0. The number of hydrazine groups is 2. The van der Waals surface area contributed by atoms with Crippen LogP contribution in [-0.2, 0) is 9.53 Å². The Balaban J connectivity index is 2.20. The van der Waals surface area contributed by atoms with Crippen LogP contribution in [0.15, 0.2) is 60.2 Å². The number of hydrogen-bond acceptors (Lipinski definition) is 5. The zero-order valence-electron chi connectivity index (χ0n) is 14.7. The Bertz CT molecular complexity index is 785. The van der Waals surface area contributed by atoms with E-state index in [-0.39, 0.29) is 11.9 Å². The first-order chi connectivity index (χ1) is 12.1. The molecule has 0 bridgehead atoms. The molecule has 130 valence electrons. The summed E-state index contributed by atoms with van der Waals surface area (Å²) in [5.74, 6) is -0.286. The molecule has 3 rings (SSSR count). The molecular weight excluding hydrogens is 314 g/mol. The third kappa shape index (κ3) is 3.37. The molecule has 0 atom stereocenters. The molecule has 2 aromatic rings. The number of nitrogens with one attached hydrogen (secondary N) is 2. The van der Waals surface area contributed by atoms with Crippen LogP contribution in [0.25, 0.3) is 5.70 Å². The van der Waals surface area contributed by atoms with E-state index in [1.165, 1.54) is 0 Å². The Morgan fingerprint density at radius 2 is 1.76 bits per heavy atom. The molecule has 1 heterocycles. The van der Waals surface area contributed by atoms with Gasteiger partial charge in [-0.3, -0.25) is 5.01 Å². The Morgan fingerprint density at radius 3 is 2.44 bits per heavy atom. The highest BCUT2D eigenvalue weighted by molar-refractivity contribution is 6.02. The number of ether oxygens (including phenoxy) is 1. The minimum absolute atomic E-state index is 0.00354. The van der Waals surface area contributed by atoms with Gasteiger partial charge in [0, 0.05) is 5.56 Å². The molecule has 5 heteroatoms. The van der Waals surface area contributed by atoms with E-state index in [1.54, 1.807) is 0 Å². The van der Waals surface area contributed by atoms with Crippen LogP contribution in [0.3, 0.4) is 0 Å². The predicted octanol–water partition coefficient (Wildman–Crippen LogP) is 3.97. The van der Waals surface area contributed by atoms with Gasteiger partial charge in [0.25, 0.3) is 0 Å². The summed E-state index contributed by atoms with van der Waals surface area (Å²) in [5, 5.41) is 1.91. The number of anilines is 2. The van der Waals surface area contributed by atoms with Crippen LogP contribution in [0, 0.1) is 5.92 Å². The van der Waals surface area contributed by atoms with E-state index in [4.69, 9.17) is 4.74 Å². The van der Waals surface area contributed by atoms with Crippen LogP contribution in [0.1, 0.15) is 26.3 Å². The Kier molecular flexibility index (Phi) is 5.05. The van der Waals surface area contributed by atoms with Crippen LogP contribution in [-0.4, -0.2) is 12.6 Å². The van der Waals surface area contributed by atoms with Crippen molar-refractivity contribution in [1.82, 2.24) is 5.53 Å². The Hall–Kier alpha value is -2.79. The van der Waals surface area contributed by atoms with Gasteiger partial charge in [0.05, 0.1) is 29.3 Å². The third-order valence-electron chi connectivity index (χ3n) is 4.05. The van der Waals surface area contributed by atoms with E-state index >= 15 is 0 Å². The molecule has 5 nitrogen and oxygen atoms in total. The van der Waals surface area contributed by atoms with Crippen molar-refractivity contribution >= 4 is 23.0 Å². The van der Waals surface area contributed by atoms with E-state index in [0.717, 1.165) is 22.6 Å². The molecule has 1 aliphatic heterocycles. The molecule has 2 aromatic carbocycles. The van der Waals surface area contributed by atoms with Crippen LogP contribution >= 0.6 is 0 Å². The maximum atomic E-state index is 12.7. The fourth-order valence-corrected chi connectivity index (χ4v) is 2.94. The lowest BCUT2D eigenvalue weighted by Gasteiger charge is -2.26. The summed E-state index contributed by atoms with van der Waals surface area (Å²) in [7, 11) is 0. The van der Waals surface area contributed by atoms with Gasteiger partial charge in [-0.05, 0) is 25.0 Å². The number of hydrogen-bond donors (Lipinski definition) is 2. The SMILES string of the molecule is CCOC(=O)C(=C(c1ccccc1)N1NNc2ccccc21)C(C)C. The normalized spacial score (nSPS) is 14.0. The van der Waals surface area contributed by atoms with E-state index in [9.17, 15) is 4.79 Å². The molecule has 0 aliphatic carbocycles. The van der Waals surface area contributed by atoms with Crippen molar-refractivity contribution in [2.24, 2.45) is 5.92 Å². The summed E-state index contributed by atoms with van der Waals surface area (Å²) in [6.45, 7) is 6.18. The fraction of sp³-hybridized carbons (Fsp3) is 0.250. The number of carbonyl (C=O) groups is 1. The molecule has 0 saturated carbocycles. The molecule has 0 spiro atoms. The van der Waals surface area contributed by atoms with E-state index in [0.29, 0.717) is 12.2 Å². The van der Waals surface area contributed by atoms with Gasteiger partial charge in [0.15, 0.2) is 0 Å². The molecule has 2 N–H and O–H groups in total. The standard InChI is InChI=1S/C20H23N3O2/c1-4-25-20(24)18(14(2)3)19(15-10-6-5-7-11-15)23-17-13-9-8-12-16(17)21-22-23/h5-14,21-22H,4H2,1-3H3. The highest BCUT2D eigenvalue weighted by Crippen LogP contribution is 2.37. The number of fused-ring (bicyclic) bond motifs is 1. The van der Waals surface area contributed by atoms with Gasteiger partial charge < -0.3 is 10.2 Å². The molecule has 0 amide bonds. The van der Waals surface area contributed by atoms with Crippen LogP contribution < -0.4 is 16.0 Å². The van der Waals surface area contributed by atoms with Gasteiger partial charge >= 0.3 is 5.97 Å². The topological polar surface area (TPSA) is 53.6 Å². The lowest BCUT2D eigenvalue weighted by molar-refractivity contribution is -0.138. The maximum absolute atomic E-state index is 12.7. The third-order valence-corrected chi connectivity index (χ3v) is 4.05. The van der Waals surface area contributed by atoms with Gasteiger partial charge in [-0.1, -0.05) is 56.3 Å². The first-order valence-corrected chi connectivity index (χ1v) is 8.51. The highest BCUT2D eigenvalue weighted by Gasteiger charge is 2.29. The van der Waals surface area contributed by atoms with Gasteiger partial charge in [-0.15, -0.1) is 5.53 Å². The van der Waals surface area contributed by atoms with Crippen molar-refractivity contribution in [2.45, 2.75) is 20.8 Å². The summed E-state index contributed by atoms with van der Waals surface area (Å²) >= 11 is 0. The highest BCUT2D eigenvalue weighted by atomic mass is 16.5. The quantitative estimate of drug-likeness (QED) is 0.639. The van der Waals surface area contributed by atoms with E-state index < -0.39 is 0 Å². The maximum Gasteiger partial charge on any atom is 0.336 e. The zero-order chi connectivity index (χ0) is 17.8. The number of nitrogens with zero attached hydrogens (tertiary/aromatic N) is 1. The molecule has 25 heavy (non-hydrogen) atoms. The Labute approximate surface area is 148 Å². The van der Waals surface area contributed by atoms with Crippen molar-refractivity contribution in [3.05, 3.63) is 65.7 Å². The molecule has 0 fully saturated rings. The molecule has 1 aliphatic rings. The number of carbonyl (C=O) groups excluding carboxylic acids is 1. The van der Waals surface area contributed by atoms with E-state index in [1.807, 2.05) is 80.4 Å². The van der Waals surface area contributed by atoms with Crippen molar-refractivity contribution in [2.75, 3.05) is 17.0 Å². The second-order valence-electron chi connectivity index (χ2n) is 6.09. The van der Waals surface area contributed by atoms with E-state index in [2.05, 4.69) is 11.0 Å². The largest absolute Gasteiger partial charge is 0.463 e. The predicted molar refractivity (Wildman–Crippen MR) is 101 cm³/mol. The van der Waals surface area contributed by atoms with Gasteiger partial charge in [0.2, 0.25) is 0 Å². The number of para-hydroxylation sites is 2. The zero-order valence-corrected chi connectivity index (χ0v) is 14.7. The van der Waals surface area contributed by atoms with Crippen LogP contribution in [0.4, 0.5) is 11.4 Å². The van der Waals surface area contributed by atoms with Gasteiger partial charge in [-0.25, -0.2) is 4.79 Å². The monoisotopic (exact) mass is 337 g/mol. The van der Waals surface area contributed by atoms with Crippen molar-refractivity contribution < 1.29 is 9.53 Å². The minimum Gasteiger partial charge on any atom is -0.463 e. The van der Waals surface area contributed by atoms with Crippen molar-refractivity contribution in [3.8, 4) is 0 Å². The first kappa shape index (κ1) is 17.0. The van der Waals surface area contributed by atoms with Crippen molar-refractivity contribution in [1.29, 1.82) is 0 Å². The van der Waals surface area contributed by atoms with Crippen LogP contribution in [0.5, 0.6) is 0 Å². The lowest BCUT2D eigenvalue weighted by Crippen LogP contribution is -2.36. The van der Waals surface area contributed by atoms with Crippen molar-refractivity contribution in [3.63, 3.8) is 0 Å².